The SMILES string of the molecule is CSc1c2oc3c(S(=O)(=O)O)c(N)ccc3c(-c3ccc(C(=O)NC(CCC(=O)O)C(=O)NN)cc3C(=O)O)c-2ccc1=N. The summed E-state index contributed by atoms with van der Waals surface area (Å²) in [5, 5.41) is 29.9. The van der Waals surface area contributed by atoms with Gasteiger partial charge < -0.3 is 25.7 Å². The summed E-state index contributed by atoms with van der Waals surface area (Å²) in [4.78, 5) is 48.3. The number of hydrazine groups is 1. The number of carbonyl (C=O) groups excluding carboxylic acids is 2. The molecule has 1 atom stereocenters. The Balaban J connectivity index is 2.00. The van der Waals surface area contributed by atoms with Crippen molar-refractivity contribution in [2.24, 2.45) is 5.84 Å². The van der Waals surface area contributed by atoms with E-state index in [0.29, 0.717) is 0 Å². The van der Waals surface area contributed by atoms with Crippen LogP contribution in [0.4, 0.5) is 5.69 Å². The summed E-state index contributed by atoms with van der Waals surface area (Å²) in [6.45, 7) is 0. The van der Waals surface area contributed by atoms with E-state index in [1.807, 2.05) is 5.43 Å². The molecule has 15 nitrogen and oxygen atoms in total. The van der Waals surface area contributed by atoms with Crippen LogP contribution in [0.5, 0.6) is 0 Å². The minimum Gasteiger partial charge on any atom is -0.481 e. The van der Waals surface area contributed by atoms with E-state index >= 15 is 0 Å². The first-order chi connectivity index (χ1) is 20.7. The number of hydrogen-bond donors (Lipinski definition) is 8. The lowest BCUT2D eigenvalue weighted by atomic mass is 9.89. The first-order valence-electron chi connectivity index (χ1n) is 12.5. The summed E-state index contributed by atoms with van der Waals surface area (Å²) in [6, 6.07) is 7.75. The van der Waals surface area contributed by atoms with Crippen LogP contribution in [0.15, 0.2) is 56.7 Å². The van der Waals surface area contributed by atoms with E-state index in [-0.39, 0.29) is 61.3 Å². The Labute approximate surface area is 252 Å². The summed E-state index contributed by atoms with van der Waals surface area (Å²) in [6.07, 6.45) is 0.888. The molecule has 2 aliphatic rings. The van der Waals surface area contributed by atoms with Gasteiger partial charge in [0.1, 0.15) is 6.04 Å². The van der Waals surface area contributed by atoms with Gasteiger partial charge in [0.2, 0.25) is 0 Å². The highest BCUT2D eigenvalue weighted by molar-refractivity contribution is 7.98. The molecule has 0 saturated heterocycles. The standard InChI is InChI=1S/C27H25N5O10S2/c1-43-23-16(28)6-4-13-20(14-5-7-17(29)24(44(39,40)41)22(14)42-21(13)23)12-3-2-11(10-15(12)27(37)38)25(35)31-18(26(36)32-30)8-9-19(33)34/h2-7,10,18,28H,8-9,29-30H2,1H3,(H,31,35)(H,32,36)(H,33,34)(H,37,38)(H,39,40,41). The first kappa shape index (κ1) is 32.0. The number of aromatic carboxylic acids is 1. The third-order valence-corrected chi connectivity index (χ3v) is 8.40. The molecule has 230 valence electrons. The molecule has 1 aliphatic heterocycles. The zero-order chi connectivity index (χ0) is 32.5. The van der Waals surface area contributed by atoms with E-state index in [1.54, 1.807) is 6.26 Å². The maximum atomic E-state index is 13.1. The number of nitrogen functional groups attached to an aromatic ring is 1. The van der Waals surface area contributed by atoms with Crippen molar-refractivity contribution in [2.45, 2.75) is 28.7 Å². The molecule has 0 radical (unpaired) electrons. The fourth-order valence-corrected chi connectivity index (χ4v) is 6.08. The number of rotatable bonds is 10. The quantitative estimate of drug-likeness (QED) is 0.0233. The molecule has 10 N–H and O–H groups in total. The number of nitrogens with two attached hydrogens (primary N) is 2. The van der Waals surface area contributed by atoms with Gasteiger partial charge in [-0.1, -0.05) is 6.07 Å². The van der Waals surface area contributed by atoms with Gasteiger partial charge in [0.05, 0.1) is 21.5 Å². The van der Waals surface area contributed by atoms with Crippen LogP contribution >= 0.6 is 11.8 Å². The Morgan fingerprint density at radius 3 is 2.34 bits per heavy atom. The molecule has 0 saturated carbocycles. The molecular formula is C27H25N5O10S2. The van der Waals surface area contributed by atoms with Crippen LogP contribution in [0.2, 0.25) is 0 Å². The van der Waals surface area contributed by atoms with Gasteiger partial charge in [0.15, 0.2) is 16.2 Å². The molecule has 1 aliphatic carbocycles. The zero-order valence-corrected chi connectivity index (χ0v) is 24.3. The van der Waals surface area contributed by atoms with Gasteiger partial charge in [-0.05, 0) is 54.6 Å². The van der Waals surface area contributed by atoms with E-state index in [0.717, 1.165) is 17.8 Å². The predicted molar refractivity (Wildman–Crippen MR) is 158 cm³/mol. The van der Waals surface area contributed by atoms with Crippen molar-refractivity contribution in [1.82, 2.24) is 10.7 Å². The third kappa shape index (κ3) is 6.06. The molecule has 2 amide bonds. The number of nitrogens with one attached hydrogen (secondary N) is 3. The molecule has 1 unspecified atom stereocenters. The van der Waals surface area contributed by atoms with Crippen LogP contribution in [0.25, 0.3) is 33.4 Å². The van der Waals surface area contributed by atoms with Gasteiger partial charge >= 0.3 is 11.9 Å². The highest BCUT2D eigenvalue weighted by atomic mass is 32.2. The van der Waals surface area contributed by atoms with Crippen LogP contribution in [-0.4, -0.2) is 59.2 Å². The minimum atomic E-state index is -4.95. The van der Waals surface area contributed by atoms with Gasteiger partial charge in [-0.25, -0.2) is 10.6 Å². The third-order valence-electron chi connectivity index (χ3n) is 6.65. The summed E-state index contributed by atoms with van der Waals surface area (Å²) < 4.78 is 40.7. The van der Waals surface area contributed by atoms with Crippen LogP contribution in [0.3, 0.4) is 0 Å². The average Bonchev–Trinajstić information content (AvgIpc) is 2.96. The molecule has 0 aromatic heterocycles. The molecule has 2 aromatic rings. The van der Waals surface area contributed by atoms with Crippen LogP contribution in [-0.2, 0) is 19.7 Å². The molecular weight excluding hydrogens is 618 g/mol. The van der Waals surface area contributed by atoms with Crippen molar-refractivity contribution in [2.75, 3.05) is 12.0 Å². The average molecular weight is 644 g/mol. The molecule has 1 heterocycles. The van der Waals surface area contributed by atoms with Gasteiger partial charge in [-0.15, -0.1) is 11.8 Å². The summed E-state index contributed by atoms with van der Waals surface area (Å²) in [7, 11) is -4.95. The number of amides is 2. The summed E-state index contributed by atoms with van der Waals surface area (Å²) in [5.41, 5.74) is 6.84. The largest absolute Gasteiger partial charge is 0.481 e. The van der Waals surface area contributed by atoms with Crippen molar-refractivity contribution in [3.05, 3.63) is 58.9 Å². The van der Waals surface area contributed by atoms with E-state index < -0.39 is 56.8 Å². The van der Waals surface area contributed by atoms with Crippen molar-refractivity contribution in [1.29, 1.82) is 5.41 Å². The van der Waals surface area contributed by atoms with E-state index in [4.69, 9.17) is 26.5 Å². The Hall–Kier alpha value is -4.97. The first-order valence-corrected chi connectivity index (χ1v) is 15.1. The summed E-state index contributed by atoms with van der Waals surface area (Å²) in [5.74, 6) is 0.704. The molecule has 4 rings (SSSR count). The normalized spacial score (nSPS) is 12.2. The molecule has 17 heteroatoms. The lowest BCUT2D eigenvalue weighted by molar-refractivity contribution is -0.137. The lowest BCUT2D eigenvalue weighted by Crippen LogP contribution is -2.49. The Bertz CT molecular complexity index is 1990. The second kappa shape index (κ2) is 12.3. The number of benzene rings is 3. The topological polar surface area (TPSA) is 276 Å². The summed E-state index contributed by atoms with van der Waals surface area (Å²) >= 11 is 1.12. The fourth-order valence-electron chi connectivity index (χ4n) is 4.70. The zero-order valence-electron chi connectivity index (χ0n) is 22.7. The molecule has 0 spiro atoms. The smallest absolute Gasteiger partial charge is 0.336 e. The second-order valence-electron chi connectivity index (χ2n) is 9.37. The van der Waals surface area contributed by atoms with Gasteiger partial charge in [0.25, 0.3) is 21.9 Å². The number of aliphatic carboxylic acids is 1. The second-order valence-corrected chi connectivity index (χ2v) is 11.5. The number of carboxylic acids is 2. The number of fused-ring (bicyclic) bond motifs is 2. The van der Waals surface area contributed by atoms with Crippen LogP contribution in [0.1, 0.15) is 33.6 Å². The highest BCUT2D eigenvalue weighted by Gasteiger charge is 2.29. The minimum absolute atomic E-state index is 0.0119. The number of hydrogen-bond acceptors (Lipinski definition) is 11. The highest BCUT2D eigenvalue weighted by Crippen LogP contribution is 2.46. The number of thioether (sulfide) groups is 1. The fraction of sp³-hybridized carbons (Fsp3) is 0.148. The van der Waals surface area contributed by atoms with Gasteiger partial charge in [0, 0.05) is 28.5 Å². The maximum Gasteiger partial charge on any atom is 0.336 e. The Kier molecular flexibility index (Phi) is 8.96. The molecule has 44 heavy (non-hydrogen) atoms. The molecule has 2 aromatic carbocycles. The lowest BCUT2D eigenvalue weighted by Gasteiger charge is -2.20. The Morgan fingerprint density at radius 1 is 1.07 bits per heavy atom. The van der Waals surface area contributed by atoms with Crippen LogP contribution < -0.4 is 27.7 Å². The van der Waals surface area contributed by atoms with Gasteiger partial charge in [-0.2, -0.15) is 8.42 Å². The van der Waals surface area contributed by atoms with Crippen molar-refractivity contribution >= 4 is 62.3 Å². The monoisotopic (exact) mass is 643 g/mol. The van der Waals surface area contributed by atoms with Gasteiger partial charge in [-0.3, -0.25) is 29.8 Å². The number of anilines is 1. The van der Waals surface area contributed by atoms with E-state index in [9.17, 15) is 37.3 Å². The molecule has 0 bridgehead atoms. The van der Waals surface area contributed by atoms with E-state index in [1.165, 1.54) is 36.4 Å². The van der Waals surface area contributed by atoms with Crippen molar-refractivity contribution < 1.29 is 46.8 Å². The predicted octanol–water partition coefficient (Wildman–Crippen LogP) is 1.89. The maximum absolute atomic E-state index is 13.1. The van der Waals surface area contributed by atoms with Crippen molar-refractivity contribution in [3.63, 3.8) is 0 Å². The van der Waals surface area contributed by atoms with E-state index in [2.05, 4.69) is 5.32 Å². The van der Waals surface area contributed by atoms with Crippen LogP contribution in [0, 0.1) is 5.41 Å². The number of carboxylic acid groups (broad SMARTS) is 2. The molecule has 0 fully saturated rings. The van der Waals surface area contributed by atoms with Crippen molar-refractivity contribution in [3.8, 4) is 22.5 Å². The number of carbonyl (C=O) groups is 4. The Morgan fingerprint density at radius 2 is 1.75 bits per heavy atom.